The van der Waals surface area contributed by atoms with E-state index < -0.39 is 6.04 Å². The molecule has 6 heteroatoms. The minimum Gasteiger partial charge on any atom is -0.472 e. The summed E-state index contributed by atoms with van der Waals surface area (Å²) in [6.45, 7) is 2.13. The summed E-state index contributed by atoms with van der Waals surface area (Å²) in [6.07, 6.45) is 2.78. The van der Waals surface area contributed by atoms with Gasteiger partial charge in [0.05, 0.1) is 18.4 Å². The molecule has 0 spiro atoms. The maximum Gasteiger partial charge on any atom is 0.274 e. The number of benzene rings is 2. The Morgan fingerprint density at radius 2 is 1.78 bits per heavy atom. The molecule has 1 atom stereocenters. The van der Waals surface area contributed by atoms with Crippen molar-refractivity contribution in [2.24, 2.45) is 0 Å². The summed E-state index contributed by atoms with van der Waals surface area (Å²) in [5, 5.41) is 0. The number of hydrogen-bond donors (Lipinski definition) is 0. The van der Waals surface area contributed by atoms with Crippen LogP contribution in [0.3, 0.4) is 0 Å². The summed E-state index contributed by atoms with van der Waals surface area (Å²) in [6, 6.07) is 15.7. The zero-order valence-corrected chi connectivity index (χ0v) is 15.2. The van der Waals surface area contributed by atoms with Crippen LogP contribution < -0.4 is 4.74 Å². The maximum atomic E-state index is 14.0. The number of carbonyl (C=O) groups is 1. The number of ether oxygens (including phenoxy) is 1. The zero-order valence-electron chi connectivity index (χ0n) is 15.2. The fourth-order valence-corrected chi connectivity index (χ4v) is 2.61. The summed E-state index contributed by atoms with van der Waals surface area (Å²) in [5.74, 6) is -0.353. The highest BCUT2D eigenvalue weighted by Crippen LogP contribution is 2.22. The van der Waals surface area contributed by atoms with Crippen molar-refractivity contribution in [3.63, 3.8) is 0 Å². The number of carbonyl (C=O) groups excluding carboxylic acids is 1. The predicted molar refractivity (Wildman–Crippen MR) is 99.7 cm³/mol. The third kappa shape index (κ3) is 4.47. The van der Waals surface area contributed by atoms with E-state index in [9.17, 15) is 9.18 Å². The minimum absolute atomic E-state index is 0.174. The first-order chi connectivity index (χ1) is 13.1. The van der Waals surface area contributed by atoms with Crippen LogP contribution in [0.1, 0.15) is 34.6 Å². The van der Waals surface area contributed by atoms with E-state index in [1.165, 1.54) is 23.4 Å². The van der Waals surface area contributed by atoms with Crippen molar-refractivity contribution >= 4 is 5.91 Å². The second-order valence-corrected chi connectivity index (χ2v) is 6.13. The molecule has 0 saturated carbocycles. The first kappa shape index (κ1) is 18.5. The lowest BCUT2D eigenvalue weighted by Crippen LogP contribution is -2.30. The van der Waals surface area contributed by atoms with Gasteiger partial charge in [0.1, 0.15) is 18.1 Å². The lowest BCUT2D eigenvalue weighted by Gasteiger charge is -2.25. The average Bonchev–Trinajstić information content (AvgIpc) is 2.72. The Hall–Kier alpha value is -3.28. The van der Waals surface area contributed by atoms with Crippen LogP contribution in [0, 0.1) is 5.82 Å². The van der Waals surface area contributed by atoms with E-state index in [-0.39, 0.29) is 17.4 Å². The highest BCUT2D eigenvalue weighted by Gasteiger charge is 2.22. The first-order valence-corrected chi connectivity index (χ1v) is 8.56. The molecular weight excluding hydrogens is 345 g/mol. The van der Waals surface area contributed by atoms with E-state index in [2.05, 4.69) is 9.97 Å². The molecule has 0 radical (unpaired) electrons. The van der Waals surface area contributed by atoms with Gasteiger partial charge in [0, 0.05) is 12.6 Å². The van der Waals surface area contributed by atoms with E-state index >= 15 is 0 Å². The Kier molecular flexibility index (Phi) is 5.76. The molecule has 1 unspecified atom stereocenters. The molecule has 0 saturated heterocycles. The lowest BCUT2D eigenvalue weighted by molar-refractivity contribution is 0.0733. The van der Waals surface area contributed by atoms with Gasteiger partial charge in [-0.3, -0.25) is 4.79 Å². The van der Waals surface area contributed by atoms with Crippen molar-refractivity contribution in [3.8, 4) is 5.88 Å². The third-order valence-electron chi connectivity index (χ3n) is 4.33. The van der Waals surface area contributed by atoms with Gasteiger partial charge < -0.3 is 9.64 Å². The lowest BCUT2D eigenvalue weighted by atomic mass is 10.1. The Labute approximate surface area is 157 Å². The van der Waals surface area contributed by atoms with E-state index in [4.69, 9.17) is 4.74 Å². The van der Waals surface area contributed by atoms with E-state index in [0.717, 1.165) is 5.56 Å². The number of halogens is 1. The molecule has 3 rings (SSSR count). The van der Waals surface area contributed by atoms with Crippen molar-refractivity contribution < 1.29 is 13.9 Å². The third-order valence-corrected chi connectivity index (χ3v) is 4.33. The number of rotatable bonds is 6. The molecular formula is C21H20FN3O2. The van der Waals surface area contributed by atoms with Crippen LogP contribution in [0.2, 0.25) is 0 Å². The van der Waals surface area contributed by atoms with Crippen molar-refractivity contribution in [1.29, 1.82) is 0 Å². The van der Waals surface area contributed by atoms with Gasteiger partial charge in [-0.2, -0.15) is 0 Å². The standard InChI is InChI=1S/C21H20FN3O2/c1-15(17-10-6-7-11-18(17)22)25(2)21(26)19-12-24-20(13-23-19)27-14-16-8-4-3-5-9-16/h3-13,15H,14H2,1-2H3. The Bertz CT molecular complexity index is 901. The van der Waals surface area contributed by atoms with E-state index in [0.29, 0.717) is 18.1 Å². The molecule has 3 aromatic rings. The summed E-state index contributed by atoms with van der Waals surface area (Å²) in [4.78, 5) is 22.3. The Morgan fingerprint density at radius 3 is 2.44 bits per heavy atom. The number of aromatic nitrogens is 2. The molecule has 1 heterocycles. The van der Waals surface area contributed by atoms with Crippen LogP contribution in [0.25, 0.3) is 0 Å². The predicted octanol–water partition coefficient (Wildman–Crippen LogP) is 4.03. The fourth-order valence-electron chi connectivity index (χ4n) is 2.61. The van der Waals surface area contributed by atoms with E-state index in [1.807, 2.05) is 30.3 Å². The van der Waals surface area contributed by atoms with Crippen molar-refractivity contribution in [3.05, 3.63) is 89.6 Å². The molecule has 138 valence electrons. The largest absolute Gasteiger partial charge is 0.472 e. The molecule has 0 aliphatic rings. The van der Waals surface area contributed by atoms with Crippen molar-refractivity contribution in [2.75, 3.05) is 7.05 Å². The van der Waals surface area contributed by atoms with Gasteiger partial charge >= 0.3 is 0 Å². The summed E-state index contributed by atoms with van der Waals surface area (Å²) >= 11 is 0. The quantitative estimate of drug-likeness (QED) is 0.662. The molecule has 0 fully saturated rings. The van der Waals surface area contributed by atoms with Crippen molar-refractivity contribution in [1.82, 2.24) is 14.9 Å². The normalized spacial score (nSPS) is 11.7. The van der Waals surface area contributed by atoms with Gasteiger partial charge in [-0.15, -0.1) is 0 Å². The monoisotopic (exact) mass is 365 g/mol. The maximum absolute atomic E-state index is 14.0. The molecule has 0 bridgehead atoms. The molecule has 0 aliphatic carbocycles. The highest BCUT2D eigenvalue weighted by molar-refractivity contribution is 5.92. The molecule has 0 aliphatic heterocycles. The van der Waals surface area contributed by atoms with Gasteiger partial charge in [0.25, 0.3) is 5.91 Å². The van der Waals surface area contributed by atoms with Gasteiger partial charge in [0.15, 0.2) is 0 Å². The average molecular weight is 365 g/mol. The first-order valence-electron chi connectivity index (χ1n) is 8.56. The Morgan fingerprint density at radius 1 is 1.07 bits per heavy atom. The van der Waals surface area contributed by atoms with Gasteiger partial charge in [-0.05, 0) is 18.6 Å². The number of hydrogen-bond acceptors (Lipinski definition) is 4. The smallest absolute Gasteiger partial charge is 0.274 e. The van der Waals surface area contributed by atoms with Crippen LogP contribution in [0.15, 0.2) is 67.0 Å². The van der Waals surface area contributed by atoms with Crippen molar-refractivity contribution in [2.45, 2.75) is 19.6 Å². The molecule has 0 N–H and O–H groups in total. The molecule has 5 nitrogen and oxygen atoms in total. The molecule has 2 aromatic carbocycles. The van der Waals surface area contributed by atoms with Gasteiger partial charge in [-0.25, -0.2) is 14.4 Å². The summed E-state index contributed by atoms with van der Waals surface area (Å²) in [5.41, 5.74) is 1.63. The minimum atomic E-state index is -0.436. The zero-order chi connectivity index (χ0) is 19.2. The summed E-state index contributed by atoms with van der Waals surface area (Å²) < 4.78 is 19.5. The second-order valence-electron chi connectivity index (χ2n) is 6.13. The van der Waals surface area contributed by atoms with E-state index in [1.54, 1.807) is 32.2 Å². The fraction of sp³-hybridized carbons (Fsp3) is 0.190. The number of nitrogens with zero attached hydrogens (tertiary/aromatic N) is 3. The van der Waals surface area contributed by atoms with Crippen LogP contribution in [0.5, 0.6) is 5.88 Å². The molecule has 27 heavy (non-hydrogen) atoms. The number of amides is 1. The summed E-state index contributed by atoms with van der Waals surface area (Å²) in [7, 11) is 1.61. The van der Waals surface area contributed by atoms with Crippen LogP contribution in [0.4, 0.5) is 4.39 Å². The van der Waals surface area contributed by atoms with Crippen LogP contribution in [-0.4, -0.2) is 27.8 Å². The van der Waals surface area contributed by atoms with Crippen LogP contribution >= 0.6 is 0 Å². The van der Waals surface area contributed by atoms with Gasteiger partial charge in [0.2, 0.25) is 5.88 Å². The molecule has 1 amide bonds. The SMILES string of the molecule is CC(c1ccccc1F)N(C)C(=O)c1cnc(OCc2ccccc2)cn1. The topological polar surface area (TPSA) is 55.3 Å². The van der Waals surface area contributed by atoms with Gasteiger partial charge in [-0.1, -0.05) is 48.5 Å². The van der Waals surface area contributed by atoms with Crippen LogP contribution in [-0.2, 0) is 6.61 Å². The molecule has 1 aromatic heterocycles. The highest BCUT2D eigenvalue weighted by atomic mass is 19.1. The second kappa shape index (κ2) is 8.40. The Balaban J connectivity index is 1.65.